The highest BCUT2D eigenvalue weighted by atomic mass is 32.2. The van der Waals surface area contributed by atoms with Crippen LogP contribution in [0.25, 0.3) is 22.5 Å². The van der Waals surface area contributed by atoms with Crippen molar-refractivity contribution in [2.45, 2.75) is 23.8 Å². The van der Waals surface area contributed by atoms with Gasteiger partial charge in [0.15, 0.2) is 5.82 Å². The van der Waals surface area contributed by atoms with Gasteiger partial charge in [-0.25, -0.2) is 4.98 Å². The molecule has 2 aromatic carbocycles. The standard InChI is InChI=1S/C18H17N3O2S/c1-2-15(17(22)23)24-18-19-16(20-21-18)14-10-8-13(9-11-14)12-6-4-3-5-7-12/h3-11,15H,2H2,1H3,(H,22,23)(H,19,20,21)/t15-/m0/s1. The summed E-state index contributed by atoms with van der Waals surface area (Å²) in [7, 11) is 0. The molecule has 1 aromatic heterocycles. The predicted octanol–water partition coefficient (Wildman–Crippen LogP) is 4.09. The number of rotatable bonds is 6. The number of nitrogens with one attached hydrogen (secondary N) is 1. The van der Waals surface area contributed by atoms with E-state index < -0.39 is 11.2 Å². The summed E-state index contributed by atoms with van der Waals surface area (Å²) in [6.45, 7) is 1.83. The second kappa shape index (κ2) is 7.31. The van der Waals surface area contributed by atoms with Crippen LogP contribution >= 0.6 is 11.8 Å². The number of carbonyl (C=O) groups is 1. The second-order valence-corrected chi connectivity index (χ2v) is 6.43. The van der Waals surface area contributed by atoms with Gasteiger partial charge in [-0.15, -0.1) is 5.10 Å². The van der Waals surface area contributed by atoms with Crippen LogP contribution in [0.5, 0.6) is 0 Å². The van der Waals surface area contributed by atoms with E-state index >= 15 is 0 Å². The molecule has 2 N–H and O–H groups in total. The number of aromatic amines is 1. The highest BCUT2D eigenvalue weighted by Crippen LogP contribution is 2.26. The van der Waals surface area contributed by atoms with Gasteiger partial charge in [0, 0.05) is 5.56 Å². The number of benzene rings is 2. The Hall–Kier alpha value is -2.60. The molecule has 0 spiro atoms. The molecule has 3 rings (SSSR count). The lowest BCUT2D eigenvalue weighted by molar-refractivity contribution is -0.136. The first-order chi connectivity index (χ1) is 11.7. The molecular formula is C18H17N3O2S. The molecule has 6 heteroatoms. The Labute approximate surface area is 144 Å². The van der Waals surface area contributed by atoms with Gasteiger partial charge in [0.2, 0.25) is 5.16 Å². The molecule has 0 aliphatic rings. The SMILES string of the molecule is CC[C@H](Sc1n[nH]c(-c2ccc(-c3ccccc3)cc2)n1)C(=O)O. The first kappa shape index (κ1) is 16.3. The summed E-state index contributed by atoms with van der Waals surface area (Å²) in [6.07, 6.45) is 0.523. The topological polar surface area (TPSA) is 78.9 Å². The smallest absolute Gasteiger partial charge is 0.317 e. The largest absolute Gasteiger partial charge is 0.480 e. The highest BCUT2D eigenvalue weighted by molar-refractivity contribution is 8.00. The average Bonchev–Trinajstić information content (AvgIpc) is 3.09. The molecule has 0 saturated heterocycles. The van der Waals surface area contributed by atoms with E-state index in [4.69, 9.17) is 5.11 Å². The highest BCUT2D eigenvalue weighted by Gasteiger charge is 2.19. The minimum atomic E-state index is -0.846. The molecule has 122 valence electrons. The van der Waals surface area contributed by atoms with Crippen molar-refractivity contribution in [2.24, 2.45) is 0 Å². The number of carboxylic acid groups (broad SMARTS) is 1. The van der Waals surface area contributed by atoms with Crippen LogP contribution in [-0.4, -0.2) is 31.5 Å². The quantitative estimate of drug-likeness (QED) is 0.661. The molecule has 0 aliphatic carbocycles. The monoisotopic (exact) mass is 339 g/mol. The molecule has 0 saturated carbocycles. The number of H-pyrrole nitrogens is 1. The van der Waals surface area contributed by atoms with E-state index in [0.717, 1.165) is 28.5 Å². The third kappa shape index (κ3) is 3.65. The van der Waals surface area contributed by atoms with E-state index in [2.05, 4.69) is 27.3 Å². The zero-order chi connectivity index (χ0) is 16.9. The number of nitrogens with zero attached hydrogens (tertiary/aromatic N) is 2. The second-order valence-electron chi connectivity index (χ2n) is 5.26. The van der Waals surface area contributed by atoms with Gasteiger partial charge in [0.25, 0.3) is 0 Å². The Morgan fingerprint density at radius 1 is 1.08 bits per heavy atom. The number of hydrogen-bond acceptors (Lipinski definition) is 4. The van der Waals surface area contributed by atoms with Crippen LogP contribution in [0.3, 0.4) is 0 Å². The summed E-state index contributed by atoms with van der Waals surface area (Å²) in [5.74, 6) is -0.210. The van der Waals surface area contributed by atoms with Crippen molar-refractivity contribution in [2.75, 3.05) is 0 Å². The Morgan fingerprint density at radius 2 is 1.71 bits per heavy atom. The lowest BCUT2D eigenvalue weighted by Crippen LogP contribution is -2.14. The van der Waals surface area contributed by atoms with E-state index in [1.165, 1.54) is 0 Å². The van der Waals surface area contributed by atoms with Gasteiger partial charge < -0.3 is 5.11 Å². The van der Waals surface area contributed by atoms with Crippen molar-refractivity contribution in [1.29, 1.82) is 0 Å². The Balaban J connectivity index is 1.77. The van der Waals surface area contributed by atoms with Crippen molar-refractivity contribution >= 4 is 17.7 Å². The van der Waals surface area contributed by atoms with Gasteiger partial charge in [-0.3, -0.25) is 9.89 Å². The van der Waals surface area contributed by atoms with E-state index in [-0.39, 0.29) is 0 Å². The average molecular weight is 339 g/mol. The summed E-state index contributed by atoms with van der Waals surface area (Å²) < 4.78 is 0. The number of aromatic nitrogens is 3. The van der Waals surface area contributed by atoms with Crippen molar-refractivity contribution < 1.29 is 9.90 Å². The molecule has 1 atom stereocenters. The third-order valence-corrected chi connectivity index (χ3v) is 4.84. The van der Waals surface area contributed by atoms with Crippen LogP contribution in [0, 0.1) is 0 Å². The van der Waals surface area contributed by atoms with Crippen LogP contribution < -0.4 is 0 Å². The Kier molecular flexibility index (Phi) is 4.96. The number of carboxylic acids is 1. The number of aliphatic carboxylic acids is 1. The maximum atomic E-state index is 11.1. The molecule has 24 heavy (non-hydrogen) atoms. The van der Waals surface area contributed by atoms with Gasteiger partial charge in [-0.05, 0) is 17.5 Å². The van der Waals surface area contributed by atoms with Crippen LogP contribution in [0.4, 0.5) is 0 Å². The molecule has 0 unspecified atom stereocenters. The summed E-state index contributed by atoms with van der Waals surface area (Å²) in [5.41, 5.74) is 3.20. The van der Waals surface area contributed by atoms with Gasteiger partial charge in [-0.2, -0.15) is 0 Å². The molecule has 0 amide bonds. The van der Waals surface area contributed by atoms with Gasteiger partial charge in [-0.1, -0.05) is 73.3 Å². The summed E-state index contributed by atoms with van der Waals surface area (Å²) in [6, 6.07) is 18.2. The first-order valence-corrected chi connectivity index (χ1v) is 8.53. The molecule has 5 nitrogen and oxygen atoms in total. The maximum absolute atomic E-state index is 11.1. The molecule has 0 aliphatic heterocycles. The molecule has 0 radical (unpaired) electrons. The molecular weight excluding hydrogens is 322 g/mol. The van der Waals surface area contributed by atoms with Crippen molar-refractivity contribution in [3.05, 3.63) is 54.6 Å². The zero-order valence-electron chi connectivity index (χ0n) is 13.1. The van der Waals surface area contributed by atoms with Crippen LogP contribution in [0.2, 0.25) is 0 Å². The minimum Gasteiger partial charge on any atom is -0.480 e. The predicted molar refractivity (Wildman–Crippen MR) is 94.8 cm³/mol. The van der Waals surface area contributed by atoms with Gasteiger partial charge >= 0.3 is 5.97 Å². The van der Waals surface area contributed by atoms with Gasteiger partial charge in [0.05, 0.1) is 0 Å². The van der Waals surface area contributed by atoms with Crippen molar-refractivity contribution in [3.63, 3.8) is 0 Å². The Bertz CT molecular complexity index is 816. The fourth-order valence-corrected chi connectivity index (χ4v) is 3.08. The molecule has 1 heterocycles. The van der Waals surface area contributed by atoms with Crippen molar-refractivity contribution in [3.8, 4) is 22.5 Å². The van der Waals surface area contributed by atoms with Gasteiger partial charge in [0.1, 0.15) is 5.25 Å². The fraction of sp³-hybridized carbons (Fsp3) is 0.167. The molecule has 0 bridgehead atoms. The summed E-state index contributed by atoms with van der Waals surface area (Å²) >= 11 is 1.16. The normalized spacial score (nSPS) is 12.0. The van der Waals surface area contributed by atoms with Crippen LogP contribution in [0.1, 0.15) is 13.3 Å². The van der Waals surface area contributed by atoms with Crippen molar-refractivity contribution in [1.82, 2.24) is 15.2 Å². The summed E-state index contributed by atoms with van der Waals surface area (Å²) in [4.78, 5) is 15.5. The van der Waals surface area contributed by atoms with E-state index in [1.54, 1.807) is 0 Å². The lowest BCUT2D eigenvalue weighted by atomic mass is 10.0. The van der Waals surface area contributed by atoms with Crippen LogP contribution in [-0.2, 0) is 4.79 Å². The maximum Gasteiger partial charge on any atom is 0.317 e. The van der Waals surface area contributed by atoms with E-state index in [0.29, 0.717) is 17.4 Å². The minimum absolute atomic E-state index is 0.450. The number of thioether (sulfide) groups is 1. The molecule has 0 fully saturated rings. The van der Waals surface area contributed by atoms with Crippen LogP contribution in [0.15, 0.2) is 59.8 Å². The van der Waals surface area contributed by atoms with E-state index in [1.807, 2.05) is 49.4 Å². The summed E-state index contributed by atoms with van der Waals surface area (Å²) in [5, 5.41) is 16.0. The molecule has 3 aromatic rings. The van der Waals surface area contributed by atoms with E-state index in [9.17, 15) is 4.79 Å². The Morgan fingerprint density at radius 3 is 2.33 bits per heavy atom. The fourth-order valence-electron chi connectivity index (χ4n) is 2.31. The zero-order valence-corrected chi connectivity index (χ0v) is 14.0. The first-order valence-electron chi connectivity index (χ1n) is 7.65. The number of hydrogen-bond donors (Lipinski definition) is 2. The third-order valence-electron chi connectivity index (χ3n) is 3.62. The lowest BCUT2D eigenvalue weighted by Gasteiger charge is -2.04.